The Balaban J connectivity index is 1.81. The Kier molecular flexibility index (Phi) is 6.00. The summed E-state index contributed by atoms with van der Waals surface area (Å²) >= 11 is 5.85. The standard InChI is InChI=1S/C23H21ClF2N6O2/c1-11-6-14(13(3)28-15-4-5-18(24)30-20(15)22(33)34)19-16(7-11)29-17(8-27)21(31-19)32-9-12(2)23(25,26)10-32/h4-7,12-13,28H,9-10H2,1-3H3,(H,33,34)/t12?,13-/m1/s1. The van der Waals surface area contributed by atoms with Gasteiger partial charge >= 0.3 is 5.97 Å². The molecule has 11 heteroatoms. The maximum atomic E-state index is 14.2. The highest BCUT2D eigenvalue weighted by molar-refractivity contribution is 6.29. The summed E-state index contributed by atoms with van der Waals surface area (Å²) in [6, 6.07) is 8.13. The SMILES string of the molecule is Cc1cc([C@@H](C)Nc2ccc(Cl)nc2C(=O)O)c2nc(N3CC(C)C(F)(F)C3)c(C#N)nc2c1. The van der Waals surface area contributed by atoms with Crippen molar-refractivity contribution in [2.45, 2.75) is 32.7 Å². The topological polar surface area (TPSA) is 115 Å². The van der Waals surface area contributed by atoms with E-state index in [-0.39, 0.29) is 34.6 Å². The number of fused-ring (bicyclic) bond motifs is 1. The van der Waals surface area contributed by atoms with Crippen molar-refractivity contribution in [3.63, 3.8) is 0 Å². The van der Waals surface area contributed by atoms with Gasteiger partial charge in [-0.2, -0.15) is 5.26 Å². The molecular weight excluding hydrogens is 466 g/mol. The Bertz CT molecular complexity index is 1340. The van der Waals surface area contributed by atoms with Crippen molar-refractivity contribution in [2.75, 3.05) is 23.3 Å². The van der Waals surface area contributed by atoms with E-state index in [9.17, 15) is 23.9 Å². The highest BCUT2D eigenvalue weighted by Gasteiger charge is 2.46. The number of carboxylic acids is 1. The molecule has 4 rings (SSSR count). The number of pyridine rings is 1. The number of halogens is 3. The van der Waals surface area contributed by atoms with Crippen LogP contribution in [0.1, 0.15) is 47.2 Å². The molecule has 0 spiro atoms. The molecule has 0 amide bonds. The molecule has 1 aliphatic heterocycles. The van der Waals surface area contributed by atoms with Crippen LogP contribution in [0.2, 0.25) is 5.15 Å². The molecule has 1 saturated heterocycles. The number of nitrogens with zero attached hydrogens (tertiary/aromatic N) is 5. The highest BCUT2D eigenvalue weighted by Crippen LogP contribution is 2.37. The molecule has 0 saturated carbocycles. The average molecular weight is 487 g/mol. The molecule has 8 nitrogen and oxygen atoms in total. The molecule has 3 aromatic rings. The first-order valence-corrected chi connectivity index (χ1v) is 10.9. The summed E-state index contributed by atoms with van der Waals surface area (Å²) < 4.78 is 28.4. The molecule has 1 aromatic carbocycles. The van der Waals surface area contributed by atoms with Gasteiger partial charge in [-0.15, -0.1) is 0 Å². The number of carboxylic acid groups (broad SMARTS) is 1. The molecule has 1 unspecified atom stereocenters. The van der Waals surface area contributed by atoms with Crippen molar-refractivity contribution in [3.8, 4) is 6.07 Å². The quantitative estimate of drug-likeness (QED) is 0.493. The van der Waals surface area contributed by atoms with Gasteiger partial charge in [0, 0.05) is 18.0 Å². The van der Waals surface area contributed by atoms with Crippen molar-refractivity contribution >= 4 is 40.1 Å². The van der Waals surface area contributed by atoms with Gasteiger partial charge in [-0.3, -0.25) is 0 Å². The smallest absolute Gasteiger partial charge is 0.356 e. The second kappa shape index (κ2) is 8.65. The van der Waals surface area contributed by atoms with Gasteiger partial charge in [0.1, 0.15) is 11.2 Å². The van der Waals surface area contributed by atoms with E-state index in [4.69, 9.17) is 11.6 Å². The number of hydrogen-bond donors (Lipinski definition) is 2. The van der Waals surface area contributed by atoms with Crippen LogP contribution in [0.25, 0.3) is 11.0 Å². The Hall–Kier alpha value is -3.58. The maximum Gasteiger partial charge on any atom is 0.356 e. The Morgan fingerprint density at radius 2 is 2.09 bits per heavy atom. The average Bonchev–Trinajstić information content (AvgIpc) is 3.05. The summed E-state index contributed by atoms with van der Waals surface area (Å²) in [5.41, 5.74) is 2.38. The van der Waals surface area contributed by atoms with E-state index >= 15 is 0 Å². The summed E-state index contributed by atoms with van der Waals surface area (Å²) in [6.45, 7) is 4.62. The van der Waals surface area contributed by atoms with Crippen LogP contribution < -0.4 is 10.2 Å². The summed E-state index contributed by atoms with van der Waals surface area (Å²) in [5.74, 6) is -4.92. The number of hydrogen-bond acceptors (Lipinski definition) is 7. The predicted octanol–water partition coefficient (Wildman–Crippen LogP) is 4.82. The van der Waals surface area contributed by atoms with Crippen LogP contribution in [0.3, 0.4) is 0 Å². The van der Waals surface area contributed by atoms with E-state index in [0.29, 0.717) is 16.6 Å². The van der Waals surface area contributed by atoms with E-state index in [1.807, 2.05) is 19.1 Å². The minimum absolute atomic E-state index is 0.0235. The van der Waals surface area contributed by atoms with Gasteiger partial charge in [0.2, 0.25) is 0 Å². The van der Waals surface area contributed by atoms with Crippen LogP contribution in [0.5, 0.6) is 0 Å². The van der Waals surface area contributed by atoms with Crippen LogP contribution in [-0.4, -0.2) is 45.0 Å². The number of nitrogens with one attached hydrogen (secondary N) is 1. The molecule has 0 aliphatic carbocycles. The highest BCUT2D eigenvalue weighted by atomic mass is 35.5. The van der Waals surface area contributed by atoms with Crippen LogP contribution >= 0.6 is 11.6 Å². The fourth-order valence-electron chi connectivity index (χ4n) is 4.08. The molecule has 176 valence electrons. The molecule has 0 radical (unpaired) electrons. The van der Waals surface area contributed by atoms with Gasteiger partial charge in [0.25, 0.3) is 5.92 Å². The molecule has 2 aromatic heterocycles. The van der Waals surface area contributed by atoms with Gasteiger partial charge in [-0.1, -0.05) is 24.6 Å². The third kappa shape index (κ3) is 4.31. The fraction of sp³-hybridized carbons (Fsp3) is 0.348. The van der Waals surface area contributed by atoms with E-state index in [1.54, 1.807) is 13.0 Å². The summed E-state index contributed by atoms with van der Waals surface area (Å²) in [6.07, 6.45) is 0. The van der Waals surface area contributed by atoms with E-state index < -0.39 is 30.4 Å². The summed E-state index contributed by atoms with van der Waals surface area (Å²) in [7, 11) is 0. The Morgan fingerprint density at radius 1 is 1.35 bits per heavy atom. The van der Waals surface area contributed by atoms with Crippen molar-refractivity contribution in [1.29, 1.82) is 5.26 Å². The molecular formula is C23H21ClF2N6O2. The normalized spacial score (nSPS) is 18.0. The predicted molar refractivity (Wildman–Crippen MR) is 124 cm³/mol. The summed E-state index contributed by atoms with van der Waals surface area (Å²) in [4.78, 5) is 25.9. The second-order valence-electron chi connectivity index (χ2n) is 8.47. The van der Waals surface area contributed by atoms with E-state index in [0.717, 1.165) is 5.56 Å². The number of aryl methyl sites for hydroxylation is 1. The van der Waals surface area contributed by atoms with Gasteiger partial charge in [0.05, 0.1) is 29.3 Å². The zero-order valence-electron chi connectivity index (χ0n) is 18.6. The monoisotopic (exact) mass is 486 g/mol. The van der Waals surface area contributed by atoms with Crippen LogP contribution in [0, 0.1) is 24.2 Å². The van der Waals surface area contributed by atoms with Gasteiger partial charge in [0.15, 0.2) is 17.2 Å². The molecule has 2 N–H and O–H groups in total. The lowest BCUT2D eigenvalue weighted by atomic mass is 10.0. The van der Waals surface area contributed by atoms with E-state index in [1.165, 1.54) is 24.0 Å². The van der Waals surface area contributed by atoms with Crippen molar-refractivity contribution in [2.24, 2.45) is 5.92 Å². The number of aromatic carboxylic acids is 1. The molecule has 1 fully saturated rings. The Morgan fingerprint density at radius 3 is 2.71 bits per heavy atom. The number of aromatic nitrogens is 3. The number of carbonyl (C=O) groups is 1. The zero-order chi connectivity index (χ0) is 24.8. The summed E-state index contributed by atoms with van der Waals surface area (Å²) in [5, 5.41) is 22.3. The fourth-order valence-corrected chi connectivity index (χ4v) is 4.22. The first kappa shape index (κ1) is 23.6. The van der Waals surface area contributed by atoms with Crippen molar-refractivity contribution < 1.29 is 18.7 Å². The zero-order valence-corrected chi connectivity index (χ0v) is 19.4. The lowest BCUT2D eigenvalue weighted by Crippen LogP contribution is -2.27. The van der Waals surface area contributed by atoms with Crippen LogP contribution in [-0.2, 0) is 0 Å². The lowest BCUT2D eigenvalue weighted by molar-refractivity contribution is -0.0138. The van der Waals surface area contributed by atoms with Gasteiger partial charge < -0.3 is 15.3 Å². The second-order valence-corrected chi connectivity index (χ2v) is 8.86. The first-order chi connectivity index (χ1) is 16.0. The number of benzene rings is 1. The first-order valence-electron chi connectivity index (χ1n) is 10.5. The lowest BCUT2D eigenvalue weighted by Gasteiger charge is -2.22. The minimum atomic E-state index is -2.90. The molecule has 1 aliphatic rings. The van der Waals surface area contributed by atoms with Crippen molar-refractivity contribution in [1.82, 2.24) is 15.0 Å². The minimum Gasteiger partial charge on any atom is -0.476 e. The van der Waals surface area contributed by atoms with Crippen LogP contribution in [0.15, 0.2) is 24.3 Å². The Labute approximate surface area is 199 Å². The number of nitriles is 1. The molecule has 0 bridgehead atoms. The van der Waals surface area contributed by atoms with Gasteiger partial charge in [-0.05, 0) is 37.6 Å². The van der Waals surface area contributed by atoms with Crippen molar-refractivity contribution in [3.05, 3.63) is 51.9 Å². The third-order valence-electron chi connectivity index (χ3n) is 5.85. The number of rotatable bonds is 5. The molecule has 3 heterocycles. The van der Waals surface area contributed by atoms with E-state index in [2.05, 4.69) is 20.3 Å². The number of anilines is 2. The van der Waals surface area contributed by atoms with Crippen LogP contribution in [0.4, 0.5) is 20.3 Å². The largest absolute Gasteiger partial charge is 0.476 e. The molecule has 34 heavy (non-hydrogen) atoms. The van der Waals surface area contributed by atoms with Gasteiger partial charge in [-0.25, -0.2) is 28.5 Å². The third-order valence-corrected chi connectivity index (χ3v) is 6.06. The molecule has 2 atom stereocenters. The maximum absolute atomic E-state index is 14.2. The number of alkyl halides is 2.